The van der Waals surface area contributed by atoms with Crippen LogP contribution in [0.25, 0.3) is 0 Å². The van der Waals surface area contributed by atoms with Gasteiger partial charge in [0.2, 0.25) is 17.7 Å². The second-order valence-electron chi connectivity index (χ2n) is 8.09. The standard InChI is InChI=1S/C23H36N4O6S/c1-4-14(2)19(23(32)33)27-21(30)17(12-15-8-6-5-7-9-15)25-22(31)18(13-28)26-20(29)16(24)10-11-34-3/h5-9,14,16-19,28H,4,10-13,24H2,1-3H3,(H,25,31)(H,26,29)(H,27,30)(H,32,33). The summed E-state index contributed by atoms with van der Waals surface area (Å²) in [6.45, 7) is 2.83. The molecule has 3 amide bonds. The number of carboxylic acid groups (broad SMARTS) is 1. The van der Waals surface area contributed by atoms with Crippen molar-refractivity contribution in [3.63, 3.8) is 0 Å². The number of aliphatic hydroxyl groups is 1. The van der Waals surface area contributed by atoms with Gasteiger partial charge in [0.05, 0.1) is 12.6 Å². The van der Waals surface area contributed by atoms with Gasteiger partial charge < -0.3 is 31.9 Å². The first-order valence-corrected chi connectivity index (χ1v) is 12.6. The largest absolute Gasteiger partial charge is 0.480 e. The molecule has 1 rings (SSSR count). The molecule has 7 N–H and O–H groups in total. The van der Waals surface area contributed by atoms with Gasteiger partial charge in [0.25, 0.3) is 0 Å². The first kappa shape index (κ1) is 29.4. The van der Waals surface area contributed by atoms with E-state index in [4.69, 9.17) is 5.73 Å². The zero-order valence-corrected chi connectivity index (χ0v) is 20.6. The fourth-order valence-electron chi connectivity index (χ4n) is 3.12. The molecule has 34 heavy (non-hydrogen) atoms. The van der Waals surface area contributed by atoms with Gasteiger partial charge in [0.15, 0.2) is 0 Å². The summed E-state index contributed by atoms with van der Waals surface area (Å²) in [4.78, 5) is 49.8. The summed E-state index contributed by atoms with van der Waals surface area (Å²) in [6.07, 6.45) is 2.90. The molecule has 1 aromatic carbocycles. The molecule has 0 aromatic heterocycles. The van der Waals surface area contributed by atoms with Gasteiger partial charge in [-0.3, -0.25) is 14.4 Å². The summed E-state index contributed by atoms with van der Waals surface area (Å²) in [7, 11) is 0. The molecule has 0 aliphatic heterocycles. The third-order valence-corrected chi connectivity index (χ3v) is 6.12. The molecule has 0 aliphatic carbocycles. The number of carbonyl (C=O) groups excluding carboxylic acids is 3. The Kier molecular flexibility index (Phi) is 13.2. The number of thioether (sulfide) groups is 1. The number of aliphatic carboxylic acids is 1. The van der Waals surface area contributed by atoms with Gasteiger partial charge in [0, 0.05) is 6.42 Å². The summed E-state index contributed by atoms with van der Waals surface area (Å²) < 4.78 is 0. The number of amides is 3. The summed E-state index contributed by atoms with van der Waals surface area (Å²) in [5, 5.41) is 26.6. The van der Waals surface area contributed by atoms with Crippen LogP contribution in [-0.4, -0.2) is 76.7 Å². The van der Waals surface area contributed by atoms with Gasteiger partial charge in [-0.15, -0.1) is 0 Å². The molecule has 5 atom stereocenters. The number of benzene rings is 1. The minimum absolute atomic E-state index is 0.0879. The van der Waals surface area contributed by atoms with E-state index in [1.54, 1.807) is 37.3 Å². The Labute approximate surface area is 204 Å². The maximum absolute atomic E-state index is 13.0. The second kappa shape index (κ2) is 15.3. The maximum Gasteiger partial charge on any atom is 0.326 e. The Morgan fingerprint density at radius 3 is 2.12 bits per heavy atom. The summed E-state index contributed by atoms with van der Waals surface area (Å²) in [5.41, 5.74) is 6.56. The number of hydrogen-bond donors (Lipinski definition) is 6. The Balaban J connectivity index is 3.00. The fourth-order valence-corrected chi connectivity index (χ4v) is 3.61. The summed E-state index contributed by atoms with van der Waals surface area (Å²) in [5.74, 6) is -2.89. The van der Waals surface area contributed by atoms with Crippen LogP contribution in [-0.2, 0) is 25.6 Å². The van der Waals surface area contributed by atoms with E-state index in [0.29, 0.717) is 18.6 Å². The minimum Gasteiger partial charge on any atom is -0.480 e. The second-order valence-corrected chi connectivity index (χ2v) is 9.08. The minimum atomic E-state index is -1.32. The van der Waals surface area contributed by atoms with Crippen LogP contribution in [0.4, 0.5) is 0 Å². The van der Waals surface area contributed by atoms with E-state index in [-0.39, 0.29) is 12.3 Å². The van der Waals surface area contributed by atoms with Crippen molar-refractivity contribution >= 4 is 35.5 Å². The van der Waals surface area contributed by atoms with E-state index >= 15 is 0 Å². The zero-order valence-electron chi connectivity index (χ0n) is 19.8. The molecule has 0 aliphatic rings. The third-order valence-electron chi connectivity index (χ3n) is 5.48. The lowest BCUT2D eigenvalue weighted by molar-refractivity contribution is -0.143. The molecular weight excluding hydrogens is 460 g/mol. The SMILES string of the molecule is CCC(C)C(NC(=O)C(Cc1ccccc1)NC(=O)C(CO)NC(=O)C(N)CCSC)C(=O)O. The van der Waals surface area contributed by atoms with E-state index in [2.05, 4.69) is 16.0 Å². The number of nitrogens with two attached hydrogens (primary N) is 1. The third kappa shape index (κ3) is 9.70. The normalized spacial score (nSPS) is 15.3. The fraction of sp³-hybridized carbons (Fsp3) is 0.565. The quantitative estimate of drug-likeness (QED) is 0.195. The first-order chi connectivity index (χ1) is 16.1. The Bertz CT molecular complexity index is 810. The van der Waals surface area contributed by atoms with Gasteiger partial charge in [-0.2, -0.15) is 11.8 Å². The molecule has 0 spiro atoms. The smallest absolute Gasteiger partial charge is 0.326 e. The Morgan fingerprint density at radius 1 is 1.00 bits per heavy atom. The van der Waals surface area contributed by atoms with Crippen LogP contribution in [0, 0.1) is 5.92 Å². The zero-order chi connectivity index (χ0) is 25.7. The Morgan fingerprint density at radius 2 is 1.59 bits per heavy atom. The molecule has 0 saturated carbocycles. The molecule has 0 heterocycles. The van der Waals surface area contributed by atoms with Crippen LogP contribution in [0.1, 0.15) is 32.3 Å². The highest BCUT2D eigenvalue weighted by Gasteiger charge is 2.31. The van der Waals surface area contributed by atoms with Crippen LogP contribution in [0.2, 0.25) is 0 Å². The van der Waals surface area contributed by atoms with E-state index in [1.807, 2.05) is 13.2 Å². The molecular formula is C23H36N4O6S. The average Bonchev–Trinajstić information content (AvgIpc) is 2.83. The van der Waals surface area contributed by atoms with Crippen LogP contribution >= 0.6 is 11.8 Å². The van der Waals surface area contributed by atoms with E-state index < -0.39 is 54.5 Å². The lowest BCUT2D eigenvalue weighted by Crippen LogP contribution is -2.59. The maximum atomic E-state index is 13.0. The summed E-state index contributed by atoms with van der Waals surface area (Å²) in [6, 6.07) is 4.48. The van der Waals surface area contributed by atoms with E-state index in [0.717, 1.165) is 5.56 Å². The predicted octanol–water partition coefficient (Wildman–Crippen LogP) is -0.113. The highest BCUT2D eigenvalue weighted by Crippen LogP contribution is 2.10. The molecule has 190 valence electrons. The lowest BCUT2D eigenvalue weighted by Gasteiger charge is -2.26. The van der Waals surface area contributed by atoms with Crippen LogP contribution < -0.4 is 21.7 Å². The number of carboxylic acids is 1. The van der Waals surface area contributed by atoms with E-state index in [1.165, 1.54) is 11.8 Å². The molecule has 0 saturated heterocycles. The van der Waals surface area contributed by atoms with Gasteiger partial charge >= 0.3 is 5.97 Å². The summed E-state index contributed by atoms with van der Waals surface area (Å²) >= 11 is 1.53. The van der Waals surface area contributed by atoms with Gasteiger partial charge in [-0.25, -0.2) is 4.79 Å². The van der Waals surface area contributed by atoms with Crippen molar-refractivity contribution in [2.24, 2.45) is 11.7 Å². The van der Waals surface area contributed by atoms with Crippen molar-refractivity contribution in [1.29, 1.82) is 0 Å². The van der Waals surface area contributed by atoms with Crippen LogP contribution in [0.5, 0.6) is 0 Å². The average molecular weight is 497 g/mol. The monoisotopic (exact) mass is 496 g/mol. The van der Waals surface area contributed by atoms with Gasteiger partial charge in [-0.05, 0) is 29.9 Å². The van der Waals surface area contributed by atoms with Crippen molar-refractivity contribution in [1.82, 2.24) is 16.0 Å². The van der Waals surface area contributed by atoms with Gasteiger partial charge in [-0.1, -0.05) is 50.6 Å². The molecule has 11 heteroatoms. The predicted molar refractivity (Wildman–Crippen MR) is 131 cm³/mol. The molecule has 5 unspecified atom stereocenters. The topological polar surface area (TPSA) is 171 Å². The lowest BCUT2D eigenvalue weighted by atomic mass is 9.98. The Hall–Kier alpha value is -2.63. The molecule has 0 fully saturated rings. The highest BCUT2D eigenvalue weighted by molar-refractivity contribution is 7.98. The van der Waals surface area contributed by atoms with Crippen LogP contribution in [0.3, 0.4) is 0 Å². The van der Waals surface area contributed by atoms with Crippen molar-refractivity contribution in [2.75, 3.05) is 18.6 Å². The highest BCUT2D eigenvalue weighted by atomic mass is 32.2. The molecule has 10 nitrogen and oxygen atoms in total. The van der Waals surface area contributed by atoms with Crippen LogP contribution in [0.15, 0.2) is 30.3 Å². The van der Waals surface area contributed by atoms with Crippen molar-refractivity contribution in [3.8, 4) is 0 Å². The number of rotatable bonds is 15. The number of carbonyl (C=O) groups is 4. The van der Waals surface area contributed by atoms with Crippen molar-refractivity contribution < 1.29 is 29.4 Å². The number of nitrogens with one attached hydrogen (secondary N) is 3. The number of aliphatic hydroxyl groups excluding tert-OH is 1. The molecule has 0 bridgehead atoms. The van der Waals surface area contributed by atoms with Crippen molar-refractivity contribution in [3.05, 3.63) is 35.9 Å². The molecule has 1 aromatic rings. The van der Waals surface area contributed by atoms with Gasteiger partial charge in [0.1, 0.15) is 18.1 Å². The van der Waals surface area contributed by atoms with Crippen molar-refractivity contribution in [2.45, 2.75) is 57.3 Å². The number of hydrogen-bond acceptors (Lipinski definition) is 7. The molecule has 0 radical (unpaired) electrons. The van der Waals surface area contributed by atoms with E-state index in [9.17, 15) is 29.4 Å². The first-order valence-electron chi connectivity index (χ1n) is 11.2.